The van der Waals surface area contributed by atoms with E-state index in [1.807, 2.05) is 48.5 Å². The Kier molecular flexibility index (Phi) is 4.73. The van der Waals surface area contributed by atoms with Gasteiger partial charge in [0.05, 0.1) is 12.2 Å². The summed E-state index contributed by atoms with van der Waals surface area (Å²) in [6.07, 6.45) is 2.23. The van der Waals surface area contributed by atoms with E-state index in [2.05, 4.69) is 0 Å². The lowest BCUT2D eigenvalue weighted by atomic mass is 10.1. The number of ether oxygens (including phenoxy) is 1. The third-order valence-electron chi connectivity index (χ3n) is 3.31. The minimum Gasteiger partial charge on any atom is -0.490 e. The molecule has 2 aromatic carbocycles. The highest BCUT2D eigenvalue weighted by Gasteiger charge is 2.23. The lowest BCUT2D eigenvalue weighted by Crippen LogP contribution is -2.01. The molecule has 4 heteroatoms. The predicted molar refractivity (Wildman–Crippen MR) is 87.2 cm³/mol. The van der Waals surface area contributed by atoms with Gasteiger partial charge in [0.1, 0.15) is 5.75 Å². The molecule has 1 unspecified atom stereocenters. The van der Waals surface area contributed by atoms with Crippen molar-refractivity contribution in [1.82, 2.24) is 0 Å². The van der Waals surface area contributed by atoms with Gasteiger partial charge in [-0.3, -0.25) is 0 Å². The van der Waals surface area contributed by atoms with Gasteiger partial charge in [-0.2, -0.15) is 0 Å². The van der Waals surface area contributed by atoms with Crippen molar-refractivity contribution in [3.8, 4) is 5.75 Å². The second-order valence-electron chi connectivity index (χ2n) is 5.17. The van der Waals surface area contributed by atoms with Crippen LogP contribution in [-0.2, 0) is 0 Å². The Morgan fingerprint density at radius 3 is 2.38 bits per heavy atom. The highest BCUT2D eigenvalue weighted by molar-refractivity contribution is 7.99. The van der Waals surface area contributed by atoms with E-state index in [4.69, 9.17) is 16.3 Å². The van der Waals surface area contributed by atoms with Gasteiger partial charge < -0.3 is 9.84 Å². The Morgan fingerprint density at radius 1 is 1.10 bits per heavy atom. The van der Waals surface area contributed by atoms with Gasteiger partial charge in [-0.15, -0.1) is 11.8 Å². The molecule has 0 saturated heterocycles. The van der Waals surface area contributed by atoms with Gasteiger partial charge in [0.2, 0.25) is 0 Å². The molecule has 1 atom stereocenters. The first-order chi connectivity index (χ1) is 10.2. The largest absolute Gasteiger partial charge is 0.490 e. The van der Waals surface area contributed by atoms with E-state index in [9.17, 15) is 5.11 Å². The molecule has 0 radical (unpaired) electrons. The monoisotopic (exact) mass is 320 g/mol. The Morgan fingerprint density at radius 2 is 1.76 bits per heavy atom. The van der Waals surface area contributed by atoms with Crippen LogP contribution in [0.5, 0.6) is 5.75 Å². The molecule has 2 aromatic rings. The minimum absolute atomic E-state index is 0.404. The first-order valence-electron chi connectivity index (χ1n) is 7.04. The molecule has 1 saturated carbocycles. The first kappa shape index (κ1) is 14.8. The zero-order chi connectivity index (χ0) is 14.7. The minimum atomic E-state index is -0.486. The molecular formula is C17H17ClO2S. The van der Waals surface area contributed by atoms with Gasteiger partial charge >= 0.3 is 0 Å². The van der Waals surface area contributed by atoms with Crippen LogP contribution in [0.4, 0.5) is 0 Å². The van der Waals surface area contributed by atoms with E-state index in [0.29, 0.717) is 11.9 Å². The molecule has 1 N–H and O–H groups in total. The quantitative estimate of drug-likeness (QED) is 0.782. The van der Waals surface area contributed by atoms with Crippen LogP contribution < -0.4 is 4.74 Å². The summed E-state index contributed by atoms with van der Waals surface area (Å²) in [5, 5.41) is 11.0. The molecule has 21 heavy (non-hydrogen) atoms. The summed E-state index contributed by atoms with van der Waals surface area (Å²) in [6, 6.07) is 15.4. The van der Waals surface area contributed by atoms with Crippen LogP contribution >= 0.6 is 23.4 Å². The SMILES string of the molecule is OC(CSc1ccc(Cl)cc1)c1ccc(OC2CC2)cc1. The maximum Gasteiger partial charge on any atom is 0.119 e. The van der Waals surface area contributed by atoms with E-state index >= 15 is 0 Å². The fourth-order valence-corrected chi connectivity index (χ4v) is 2.95. The van der Waals surface area contributed by atoms with E-state index < -0.39 is 6.10 Å². The Balaban J connectivity index is 1.54. The van der Waals surface area contributed by atoms with Crippen molar-refractivity contribution in [2.45, 2.75) is 29.9 Å². The van der Waals surface area contributed by atoms with Crippen molar-refractivity contribution in [3.05, 3.63) is 59.1 Å². The lowest BCUT2D eigenvalue weighted by Gasteiger charge is -2.12. The average molecular weight is 321 g/mol. The highest BCUT2D eigenvalue weighted by Crippen LogP contribution is 2.29. The van der Waals surface area contributed by atoms with Gasteiger partial charge in [-0.1, -0.05) is 23.7 Å². The smallest absolute Gasteiger partial charge is 0.119 e. The molecule has 1 fully saturated rings. The number of aliphatic hydroxyl groups is 1. The summed E-state index contributed by atoms with van der Waals surface area (Å²) >= 11 is 7.47. The number of rotatable bonds is 6. The van der Waals surface area contributed by atoms with Crippen LogP contribution in [-0.4, -0.2) is 17.0 Å². The second kappa shape index (κ2) is 6.73. The fraction of sp³-hybridized carbons (Fsp3) is 0.294. The van der Waals surface area contributed by atoms with Gasteiger partial charge in [0, 0.05) is 15.7 Å². The Hall–Kier alpha value is -1.16. The fourth-order valence-electron chi connectivity index (χ4n) is 1.95. The molecule has 1 aliphatic rings. The average Bonchev–Trinajstić information content (AvgIpc) is 3.31. The first-order valence-corrected chi connectivity index (χ1v) is 8.40. The van der Waals surface area contributed by atoms with E-state index in [1.165, 1.54) is 0 Å². The molecular weight excluding hydrogens is 304 g/mol. The summed E-state index contributed by atoms with van der Waals surface area (Å²) in [4.78, 5) is 1.10. The molecule has 2 nitrogen and oxygen atoms in total. The molecule has 0 aliphatic heterocycles. The maximum atomic E-state index is 10.2. The standard InChI is InChI=1S/C17H17ClO2S/c18-13-3-9-16(10-4-13)21-11-17(19)12-1-5-14(6-2-12)20-15-7-8-15/h1-6,9-10,15,17,19H,7-8,11H2. The summed E-state index contributed by atoms with van der Waals surface area (Å²) in [6.45, 7) is 0. The van der Waals surface area contributed by atoms with Crippen LogP contribution in [0.15, 0.2) is 53.4 Å². The van der Waals surface area contributed by atoms with Gasteiger partial charge in [-0.05, 0) is 54.8 Å². The third-order valence-corrected chi connectivity index (χ3v) is 4.65. The molecule has 1 aliphatic carbocycles. The molecule has 0 spiro atoms. The topological polar surface area (TPSA) is 29.5 Å². The molecule has 0 bridgehead atoms. The molecule has 110 valence electrons. The van der Waals surface area contributed by atoms with Crippen LogP contribution in [0.3, 0.4) is 0 Å². The number of hydrogen-bond acceptors (Lipinski definition) is 3. The van der Waals surface area contributed by atoms with Crippen LogP contribution in [0, 0.1) is 0 Å². The van der Waals surface area contributed by atoms with Crippen LogP contribution in [0.25, 0.3) is 0 Å². The van der Waals surface area contributed by atoms with Crippen molar-refractivity contribution in [1.29, 1.82) is 0 Å². The van der Waals surface area contributed by atoms with Gasteiger partial charge in [0.15, 0.2) is 0 Å². The molecule has 0 amide bonds. The normalized spacial score (nSPS) is 15.7. The summed E-state index contributed by atoms with van der Waals surface area (Å²) in [7, 11) is 0. The van der Waals surface area contributed by atoms with Gasteiger partial charge in [-0.25, -0.2) is 0 Å². The van der Waals surface area contributed by atoms with Crippen LogP contribution in [0.1, 0.15) is 24.5 Å². The van der Waals surface area contributed by atoms with E-state index in [1.54, 1.807) is 11.8 Å². The zero-order valence-electron chi connectivity index (χ0n) is 11.5. The second-order valence-corrected chi connectivity index (χ2v) is 6.70. The summed E-state index contributed by atoms with van der Waals surface area (Å²) in [5.41, 5.74) is 0.916. The Labute approximate surface area is 134 Å². The molecule has 0 heterocycles. The highest BCUT2D eigenvalue weighted by atomic mass is 35.5. The maximum absolute atomic E-state index is 10.2. The lowest BCUT2D eigenvalue weighted by molar-refractivity contribution is 0.204. The van der Waals surface area contributed by atoms with E-state index in [0.717, 1.165) is 34.1 Å². The summed E-state index contributed by atoms with van der Waals surface area (Å²) < 4.78 is 5.70. The zero-order valence-corrected chi connectivity index (χ0v) is 13.1. The number of aliphatic hydroxyl groups excluding tert-OH is 1. The third kappa shape index (κ3) is 4.40. The van der Waals surface area contributed by atoms with Crippen LogP contribution in [0.2, 0.25) is 5.02 Å². The van der Waals surface area contributed by atoms with Crippen molar-refractivity contribution >= 4 is 23.4 Å². The number of halogens is 1. The summed E-state index contributed by atoms with van der Waals surface area (Å²) in [5.74, 6) is 1.50. The number of thioether (sulfide) groups is 1. The van der Waals surface area contributed by atoms with Crippen molar-refractivity contribution in [2.75, 3.05) is 5.75 Å². The van der Waals surface area contributed by atoms with Crippen molar-refractivity contribution in [3.63, 3.8) is 0 Å². The molecule has 3 rings (SSSR count). The van der Waals surface area contributed by atoms with Crippen molar-refractivity contribution in [2.24, 2.45) is 0 Å². The number of benzene rings is 2. The predicted octanol–water partition coefficient (Wildman–Crippen LogP) is 4.71. The van der Waals surface area contributed by atoms with E-state index in [-0.39, 0.29) is 0 Å². The van der Waals surface area contributed by atoms with Gasteiger partial charge in [0.25, 0.3) is 0 Å². The Bertz CT molecular complexity index is 579. The molecule has 0 aromatic heterocycles. The van der Waals surface area contributed by atoms with Crippen molar-refractivity contribution < 1.29 is 9.84 Å². The number of hydrogen-bond donors (Lipinski definition) is 1.